The van der Waals surface area contributed by atoms with Crippen LogP contribution >= 0.6 is 0 Å². The zero-order valence-corrected chi connectivity index (χ0v) is 12.3. The minimum absolute atomic E-state index is 0.0780. The summed E-state index contributed by atoms with van der Waals surface area (Å²) in [6.45, 7) is 0. The van der Waals surface area contributed by atoms with Crippen LogP contribution in [0.4, 0.5) is 5.69 Å². The van der Waals surface area contributed by atoms with Crippen molar-refractivity contribution in [2.24, 2.45) is 5.10 Å². The van der Waals surface area contributed by atoms with E-state index in [0.717, 1.165) is 0 Å². The molecule has 0 fully saturated rings. The molecule has 0 aliphatic rings. The van der Waals surface area contributed by atoms with Gasteiger partial charge >= 0.3 is 11.8 Å². The molecule has 0 aliphatic heterocycles. The van der Waals surface area contributed by atoms with Gasteiger partial charge in [0.1, 0.15) is 11.5 Å². The number of carbonyl (C=O) groups excluding carboxylic acids is 2. The molecule has 23 heavy (non-hydrogen) atoms. The molecule has 7 nitrogen and oxygen atoms in total. The summed E-state index contributed by atoms with van der Waals surface area (Å²) >= 11 is 0. The van der Waals surface area contributed by atoms with E-state index in [0.29, 0.717) is 17.0 Å². The lowest BCUT2D eigenvalue weighted by molar-refractivity contribution is -0.136. The first kappa shape index (κ1) is 16.0. The first-order valence-corrected chi connectivity index (χ1v) is 6.66. The van der Waals surface area contributed by atoms with Crippen LogP contribution in [-0.2, 0) is 9.59 Å². The van der Waals surface area contributed by atoms with E-state index in [2.05, 4.69) is 15.8 Å². The minimum Gasteiger partial charge on any atom is -0.508 e. The van der Waals surface area contributed by atoms with Gasteiger partial charge in [0.05, 0.1) is 19.0 Å². The van der Waals surface area contributed by atoms with Gasteiger partial charge in [-0.05, 0) is 29.8 Å². The summed E-state index contributed by atoms with van der Waals surface area (Å²) in [6, 6.07) is 13.0. The first-order chi connectivity index (χ1) is 11.1. The molecule has 2 aromatic carbocycles. The van der Waals surface area contributed by atoms with Gasteiger partial charge < -0.3 is 15.2 Å². The van der Waals surface area contributed by atoms with Crippen LogP contribution in [0.3, 0.4) is 0 Å². The van der Waals surface area contributed by atoms with E-state index in [1.165, 1.54) is 25.5 Å². The van der Waals surface area contributed by atoms with Gasteiger partial charge in [-0.15, -0.1) is 0 Å². The van der Waals surface area contributed by atoms with Crippen molar-refractivity contribution in [3.05, 3.63) is 54.1 Å². The second-order valence-electron chi connectivity index (χ2n) is 4.45. The van der Waals surface area contributed by atoms with Crippen molar-refractivity contribution in [3.8, 4) is 11.5 Å². The molecule has 2 aromatic rings. The fourth-order valence-corrected chi connectivity index (χ4v) is 1.75. The fourth-order valence-electron chi connectivity index (χ4n) is 1.75. The van der Waals surface area contributed by atoms with Gasteiger partial charge in [0.15, 0.2) is 0 Å². The number of methoxy groups -OCH3 is 1. The van der Waals surface area contributed by atoms with Gasteiger partial charge in [0.2, 0.25) is 0 Å². The molecule has 0 aromatic heterocycles. The van der Waals surface area contributed by atoms with Crippen LogP contribution in [0.1, 0.15) is 5.56 Å². The molecular weight excluding hydrogens is 298 g/mol. The lowest BCUT2D eigenvalue weighted by Crippen LogP contribution is -2.32. The van der Waals surface area contributed by atoms with E-state index >= 15 is 0 Å². The molecule has 0 bridgehead atoms. The molecule has 0 saturated heterocycles. The molecule has 0 aliphatic carbocycles. The second-order valence-corrected chi connectivity index (χ2v) is 4.45. The Morgan fingerprint density at radius 2 is 1.91 bits per heavy atom. The van der Waals surface area contributed by atoms with E-state index in [9.17, 15) is 14.7 Å². The van der Waals surface area contributed by atoms with Crippen LogP contribution in [0.15, 0.2) is 53.6 Å². The average Bonchev–Trinajstić information content (AvgIpc) is 2.55. The van der Waals surface area contributed by atoms with Gasteiger partial charge in [0.25, 0.3) is 0 Å². The number of nitrogens with zero attached hydrogens (tertiary/aromatic N) is 1. The van der Waals surface area contributed by atoms with Gasteiger partial charge in [-0.2, -0.15) is 5.10 Å². The van der Waals surface area contributed by atoms with Crippen molar-refractivity contribution in [1.29, 1.82) is 0 Å². The Bertz CT molecular complexity index is 744. The number of ether oxygens (including phenoxy) is 1. The van der Waals surface area contributed by atoms with Crippen LogP contribution in [0.5, 0.6) is 11.5 Å². The topological polar surface area (TPSA) is 100 Å². The molecule has 0 heterocycles. The predicted octanol–water partition coefficient (Wildman–Crippen LogP) is 1.49. The zero-order valence-electron chi connectivity index (χ0n) is 12.3. The maximum absolute atomic E-state index is 11.8. The number of hydrogen-bond donors (Lipinski definition) is 3. The average molecular weight is 313 g/mol. The summed E-state index contributed by atoms with van der Waals surface area (Å²) in [5, 5.41) is 15.4. The number of nitrogens with one attached hydrogen (secondary N) is 2. The summed E-state index contributed by atoms with van der Waals surface area (Å²) in [4.78, 5) is 23.5. The summed E-state index contributed by atoms with van der Waals surface area (Å²) < 4.78 is 5.08. The lowest BCUT2D eigenvalue weighted by Gasteiger charge is -2.08. The summed E-state index contributed by atoms with van der Waals surface area (Å²) in [6.07, 6.45) is 1.31. The number of amides is 2. The van der Waals surface area contributed by atoms with E-state index in [4.69, 9.17) is 4.74 Å². The first-order valence-electron chi connectivity index (χ1n) is 6.66. The van der Waals surface area contributed by atoms with Crippen LogP contribution in [0, 0.1) is 0 Å². The molecule has 0 saturated carbocycles. The highest BCUT2D eigenvalue weighted by Crippen LogP contribution is 2.22. The number of hydrazone groups is 1. The molecule has 2 amide bonds. The Labute approximate surface area is 132 Å². The van der Waals surface area contributed by atoms with Crippen molar-refractivity contribution >= 4 is 23.7 Å². The van der Waals surface area contributed by atoms with E-state index in [-0.39, 0.29) is 5.75 Å². The third-order valence-corrected chi connectivity index (χ3v) is 2.81. The highest BCUT2D eigenvalue weighted by Gasteiger charge is 2.14. The Morgan fingerprint density at radius 3 is 2.65 bits per heavy atom. The van der Waals surface area contributed by atoms with Gasteiger partial charge in [0, 0.05) is 0 Å². The summed E-state index contributed by atoms with van der Waals surface area (Å²) in [5.41, 5.74) is 3.06. The number of aromatic hydroxyl groups is 1. The molecule has 0 radical (unpaired) electrons. The molecule has 3 N–H and O–H groups in total. The number of anilines is 1. The Hall–Kier alpha value is -3.35. The highest BCUT2D eigenvalue weighted by atomic mass is 16.5. The molecule has 0 unspecified atom stereocenters. The molecular formula is C16H15N3O4. The zero-order chi connectivity index (χ0) is 16.7. The number of para-hydroxylation sites is 2. The number of hydrogen-bond acceptors (Lipinski definition) is 5. The number of carbonyl (C=O) groups is 2. The van der Waals surface area contributed by atoms with Crippen LogP contribution in [-0.4, -0.2) is 30.2 Å². The highest BCUT2D eigenvalue weighted by molar-refractivity contribution is 6.39. The largest absolute Gasteiger partial charge is 0.508 e. The lowest BCUT2D eigenvalue weighted by atomic mass is 10.2. The standard InChI is InChI=1S/C16H15N3O4/c1-23-14-8-3-2-7-13(14)18-15(21)16(22)19-17-10-11-5-4-6-12(20)9-11/h2-10,20H,1H3,(H,18,21)(H,19,22). The van der Waals surface area contributed by atoms with Gasteiger partial charge in [-0.3, -0.25) is 9.59 Å². The monoisotopic (exact) mass is 313 g/mol. The van der Waals surface area contributed by atoms with Crippen molar-refractivity contribution in [3.63, 3.8) is 0 Å². The van der Waals surface area contributed by atoms with Gasteiger partial charge in [-0.25, -0.2) is 5.43 Å². The second kappa shape index (κ2) is 7.60. The number of benzene rings is 2. The fraction of sp³-hybridized carbons (Fsp3) is 0.0625. The van der Waals surface area contributed by atoms with Crippen molar-refractivity contribution < 1.29 is 19.4 Å². The van der Waals surface area contributed by atoms with E-state index < -0.39 is 11.8 Å². The Balaban J connectivity index is 1.94. The smallest absolute Gasteiger partial charge is 0.329 e. The van der Waals surface area contributed by atoms with Crippen LogP contribution in [0.25, 0.3) is 0 Å². The molecule has 7 heteroatoms. The minimum atomic E-state index is -0.924. The third kappa shape index (κ3) is 4.57. The molecule has 118 valence electrons. The van der Waals surface area contributed by atoms with Gasteiger partial charge in [-0.1, -0.05) is 24.3 Å². The van der Waals surface area contributed by atoms with Crippen molar-refractivity contribution in [2.75, 3.05) is 12.4 Å². The number of phenols is 1. The van der Waals surface area contributed by atoms with Crippen molar-refractivity contribution in [2.45, 2.75) is 0 Å². The van der Waals surface area contributed by atoms with E-state index in [1.807, 2.05) is 0 Å². The summed E-state index contributed by atoms with van der Waals surface area (Å²) in [5.74, 6) is -1.28. The summed E-state index contributed by atoms with van der Waals surface area (Å²) in [7, 11) is 1.46. The van der Waals surface area contributed by atoms with E-state index in [1.54, 1.807) is 36.4 Å². The van der Waals surface area contributed by atoms with Crippen LogP contribution in [0.2, 0.25) is 0 Å². The molecule has 2 rings (SSSR count). The third-order valence-electron chi connectivity index (χ3n) is 2.81. The molecule has 0 atom stereocenters. The maximum Gasteiger partial charge on any atom is 0.329 e. The SMILES string of the molecule is COc1ccccc1NC(=O)C(=O)NN=Cc1cccc(O)c1. The Kier molecular flexibility index (Phi) is 5.30. The number of rotatable bonds is 4. The Morgan fingerprint density at radius 1 is 1.13 bits per heavy atom. The van der Waals surface area contributed by atoms with Crippen molar-refractivity contribution in [1.82, 2.24) is 5.43 Å². The number of phenolic OH excluding ortho intramolecular Hbond substituents is 1. The quantitative estimate of drug-likeness (QED) is 0.452. The maximum atomic E-state index is 11.8. The predicted molar refractivity (Wildman–Crippen MR) is 85.5 cm³/mol. The molecule has 0 spiro atoms. The normalized spacial score (nSPS) is 10.3. The van der Waals surface area contributed by atoms with Crippen LogP contribution < -0.4 is 15.5 Å².